The fourth-order valence-corrected chi connectivity index (χ4v) is 2.71. The van der Waals surface area contributed by atoms with E-state index in [2.05, 4.69) is 14.5 Å². The first-order valence-electron chi connectivity index (χ1n) is 6.85. The van der Waals surface area contributed by atoms with Crippen molar-refractivity contribution in [1.82, 2.24) is 14.5 Å². The van der Waals surface area contributed by atoms with Crippen LogP contribution in [-0.4, -0.2) is 33.4 Å². The van der Waals surface area contributed by atoms with Gasteiger partial charge in [0.05, 0.1) is 18.3 Å². The number of aromatic nitrogens is 2. The van der Waals surface area contributed by atoms with Crippen LogP contribution in [0.2, 0.25) is 0 Å². The van der Waals surface area contributed by atoms with Gasteiger partial charge in [0.1, 0.15) is 5.82 Å². The van der Waals surface area contributed by atoms with Crippen molar-refractivity contribution in [3.63, 3.8) is 0 Å². The highest BCUT2D eigenvalue weighted by atomic mass is 15.2. The lowest BCUT2D eigenvalue weighted by Gasteiger charge is -2.30. The summed E-state index contributed by atoms with van der Waals surface area (Å²) in [5.41, 5.74) is 6.90. The van der Waals surface area contributed by atoms with Crippen LogP contribution in [0.1, 0.15) is 17.3 Å². The lowest BCUT2D eigenvalue weighted by atomic mass is 9.97. The first-order valence-corrected chi connectivity index (χ1v) is 6.85. The zero-order valence-corrected chi connectivity index (χ0v) is 11.4. The van der Waals surface area contributed by atoms with Crippen LogP contribution in [0.5, 0.6) is 0 Å². The van der Waals surface area contributed by atoms with Crippen LogP contribution < -0.4 is 5.73 Å². The largest absolute Gasteiger partial charge is 0.387 e. The minimum absolute atomic E-state index is 0.0438. The molecule has 2 heterocycles. The van der Waals surface area contributed by atoms with E-state index in [1.807, 2.05) is 42.7 Å². The summed E-state index contributed by atoms with van der Waals surface area (Å²) in [6, 6.07) is 10.1. The Labute approximate surface area is 118 Å². The van der Waals surface area contributed by atoms with E-state index in [0.29, 0.717) is 0 Å². The Kier molecular flexibility index (Phi) is 3.52. The molecule has 0 amide bonds. The minimum atomic E-state index is -0.0438. The van der Waals surface area contributed by atoms with Gasteiger partial charge in [0.25, 0.3) is 0 Å². The van der Waals surface area contributed by atoms with E-state index in [1.54, 1.807) is 0 Å². The summed E-state index contributed by atoms with van der Waals surface area (Å²) in [5.74, 6) is 1.27. The quantitative estimate of drug-likeness (QED) is 0.651. The Bertz CT molecular complexity index is 589. The van der Waals surface area contributed by atoms with Gasteiger partial charge in [-0.3, -0.25) is 10.3 Å². The highest BCUT2D eigenvalue weighted by molar-refractivity contribution is 5.84. The SMILES string of the molecule is N=C(N)C(CN1CCn2ccnc2C1)c1ccccc1. The first kappa shape index (κ1) is 12.9. The predicted octanol–water partition coefficient (Wildman–Crippen LogP) is 1.42. The van der Waals surface area contributed by atoms with E-state index >= 15 is 0 Å². The molecule has 0 radical (unpaired) electrons. The number of amidine groups is 1. The normalized spacial score (nSPS) is 16.6. The van der Waals surface area contributed by atoms with Gasteiger partial charge in [0.2, 0.25) is 0 Å². The summed E-state index contributed by atoms with van der Waals surface area (Å²) < 4.78 is 2.18. The third-order valence-corrected chi connectivity index (χ3v) is 3.84. The second-order valence-corrected chi connectivity index (χ2v) is 5.19. The maximum absolute atomic E-state index is 7.85. The Balaban J connectivity index is 1.74. The zero-order valence-electron chi connectivity index (χ0n) is 11.4. The van der Waals surface area contributed by atoms with E-state index < -0.39 is 0 Å². The van der Waals surface area contributed by atoms with E-state index in [4.69, 9.17) is 11.1 Å². The number of imidazole rings is 1. The average molecular weight is 269 g/mol. The van der Waals surface area contributed by atoms with Gasteiger partial charge >= 0.3 is 0 Å². The summed E-state index contributed by atoms with van der Waals surface area (Å²) >= 11 is 0. The number of rotatable bonds is 4. The molecule has 104 valence electrons. The number of hydrogen-bond acceptors (Lipinski definition) is 3. The van der Waals surface area contributed by atoms with Gasteiger partial charge < -0.3 is 10.3 Å². The van der Waals surface area contributed by atoms with E-state index in [0.717, 1.165) is 37.6 Å². The smallest absolute Gasteiger partial charge is 0.122 e. The molecular weight excluding hydrogens is 250 g/mol. The standard InChI is InChI=1S/C15H19N5/c16-15(17)13(12-4-2-1-3-5-12)10-19-8-9-20-7-6-18-14(20)11-19/h1-7,13H,8-11H2,(H3,16,17). The summed E-state index contributed by atoms with van der Waals surface area (Å²) in [7, 11) is 0. The predicted molar refractivity (Wildman–Crippen MR) is 78.6 cm³/mol. The van der Waals surface area contributed by atoms with Gasteiger partial charge in [-0.25, -0.2) is 4.98 Å². The number of fused-ring (bicyclic) bond motifs is 1. The molecule has 2 aromatic rings. The van der Waals surface area contributed by atoms with Crippen molar-refractivity contribution in [2.45, 2.75) is 19.0 Å². The molecule has 20 heavy (non-hydrogen) atoms. The van der Waals surface area contributed by atoms with Crippen molar-refractivity contribution in [2.24, 2.45) is 5.73 Å². The molecule has 3 rings (SSSR count). The molecule has 0 fully saturated rings. The number of hydrogen-bond donors (Lipinski definition) is 2. The number of nitrogens with one attached hydrogen (secondary N) is 1. The average Bonchev–Trinajstić information content (AvgIpc) is 2.93. The zero-order chi connectivity index (χ0) is 13.9. The van der Waals surface area contributed by atoms with Crippen LogP contribution in [0.4, 0.5) is 0 Å². The molecule has 3 N–H and O–H groups in total. The lowest BCUT2D eigenvalue weighted by Crippen LogP contribution is -2.39. The number of nitrogens with zero attached hydrogens (tertiary/aromatic N) is 3. The van der Waals surface area contributed by atoms with Crippen molar-refractivity contribution >= 4 is 5.84 Å². The molecule has 1 aromatic heterocycles. The van der Waals surface area contributed by atoms with E-state index in [1.165, 1.54) is 0 Å². The van der Waals surface area contributed by atoms with Crippen LogP contribution in [0, 0.1) is 5.41 Å². The van der Waals surface area contributed by atoms with Crippen LogP contribution in [0.3, 0.4) is 0 Å². The molecule has 0 saturated heterocycles. The van der Waals surface area contributed by atoms with E-state index in [9.17, 15) is 0 Å². The molecule has 1 aromatic carbocycles. The molecule has 0 saturated carbocycles. The fourth-order valence-electron chi connectivity index (χ4n) is 2.71. The highest BCUT2D eigenvalue weighted by Gasteiger charge is 2.22. The second kappa shape index (κ2) is 5.46. The summed E-state index contributed by atoms with van der Waals surface area (Å²) in [5, 5.41) is 7.85. The summed E-state index contributed by atoms with van der Waals surface area (Å²) in [6.45, 7) is 3.52. The summed E-state index contributed by atoms with van der Waals surface area (Å²) in [4.78, 5) is 6.69. The van der Waals surface area contributed by atoms with Crippen molar-refractivity contribution in [3.8, 4) is 0 Å². The molecule has 0 spiro atoms. The van der Waals surface area contributed by atoms with Crippen LogP contribution in [0.25, 0.3) is 0 Å². The first-order chi connectivity index (χ1) is 9.74. The van der Waals surface area contributed by atoms with E-state index in [-0.39, 0.29) is 11.8 Å². The number of benzene rings is 1. The molecule has 0 aliphatic carbocycles. The highest BCUT2D eigenvalue weighted by Crippen LogP contribution is 2.19. The van der Waals surface area contributed by atoms with Crippen molar-refractivity contribution < 1.29 is 0 Å². The maximum atomic E-state index is 7.85. The van der Waals surface area contributed by atoms with Gasteiger partial charge in [-0.05, 0) is 5.56 Å². The summed E-state index contributed by atoms with van der Waals surface area (Å²) in [6.07, 6.45) is 3.87. The van der Waals surface area contributed by atoms with Crippen LogP contribution in [-0.2, 0) is 13.1 Å². The van der Waals surface area contributed by atoms with Gasteiger partial charge in [0.15, 0.2) is 0 Å². The van der Waals surface area contributed by atoms with Crippen molar-refractivity contribution in [1.29, 1.82) is 5.41 Å². The Morgan fingerprint density at radius 1 is 1.30 bits per heavy atom. The van der Waals surface area contributed by atoms with Gasteiger partial charge in [-0.2, -0.15) is 0 Å². The van der Waals surface area contributed by atoms with Crippen molar-refractivity contribution in [3.05, 3.63) is 54.1 Å². The van der Waals surface area contributed by atoms with Crippen molar-refractivity contribution in [2.75, 3.05) is 13.1 Å². The lowest BCUT2D eigenvalue weighted by molar-refractivity contribution is 0.214. The topological polar surface area (TPSA) is 70.9 Å². The molecule has 1 unspecified atom stereocenters. The minimum Gasteiger partial charge on any atom is -0.387 e. The maximum Gasteiger partial charge on any atom is 0.122 e. The molecule has 5 nitrogen and oxygen atoms in total. The molecule has 1 atom stereocenters. The molecule has 0 bridgehead atoms. The molecule has 5 heteroatoms. The van der Waals surface area contributed by atoms with Crippen LogP contribution >= 0.6 is 0 Å². The fraction of sp³-hybridized carbons (Fsp3) is 0.333. The molecular formula is C15H19N5. The third kappa shape index (κ3) is 2.58. The molecule has 1 aliphatic heterocycles. The molecule has 1 aliphatic rings. The van der Waals surface area contributed by atoms with Gasteiger partial charge in [-0.1, -0.05) is 30.3 Å². The third-order valence-electron chi connectivity index (χ3n) is 3.84. The Hall–Kier alpha value is -2.14. The monoisotopic (exact) mass is 269 g/mol. The van der Waals surface area contributed by atoms with Crippen LogP contribution in [0.15, 0.2) is 42.7 Å². The van der Waals surface area contributed by atoms with Gasteiger partial charge in [-0.15, -0.1) is 0 Å². The van der Waals surface area contributed by atoms with Gasteiger partial charge in [0, 0.05) is 32.0 Å². The Morgan fingerprint density at radius 2 is 2.10 bits per heavy atom. The number of nitrogens with two attached hydrogens (primary N) is 1. The Morgan fingerprint density at radius 3 is 2.85 bits per heavy atom. The second-order valence-electron chi connectivity index (χ2n) is 5.19.